The standard InChI is InChI=1S/C18H26FN3O/c19-17-8-4-1-5-15(17)13-20-18(23)14-21-9-11-22(12-10-21)16-6-2-3-7-16/h1,4-5,8,16H,2-3,6-7,9-14H2,(H,20,23). The molecule has 0 atom stereocenters. The minimum atomic E-state index is -0.266. The van der Waals surface area contributed by atoms with Gasteiger partial charge >= 0.3 is 0 Å². The van der Waals surface area contributed by atoms with Gasteiger partial charge in [-0.1, -0.05) is 31.0 Å². The highest BCUT2D eigenvalue weighted by Crippen LogP contribution is 2.24. The second-order valence-corrected chi connectivity index (χ2v) is 6.62. The minimum Gasteiger partial charge on any atom is -0.351 e. The predicted molar refractivity (Wildman–Crippen MR) is 88.5 cm³/mol. The second-order valence-electron chi connectivity index (χ2n) is 6.62. The molecule has 1 N–H and O–H groups in total. The van der Waals surface area contributed by atoms with Gasteiger partial charge in [0, 0.05) is 44.3 Å². The van der Waals surface area contributed by atoms with Crippen molar-refractivity contribution in [1.29, 1.82) is 0 Å². The van der Waals surface area contributed by atoms with Crippen molar-refractivity contribution in [2.45, 2.75) is 38.3 Å². The molecule has 0 aromatic heterocycles. The summed E-state index contributed by atoms with van der Waals surface area (Å²) >= 11 is 0. The van der Waals surface area contributed by atoms with Crippen molar-refractivity contribution < 1.29 is 9.18 Å². The molecule has 1 aromatic carbocycles. The monoisotopic (exact) mass is 319 g/mol. The van der Waals surface area contributed by atoms with Crippen LogP contribution in [0.15, 0.2) is 24.3 Å². The summed E-state index contributed by atoms with van der Waals surface area (Å²) in [6.45, 7) is 4.68. The smallest absolute Gasteiger partial charge is 0.234 e. The van der Waals surface area contributed by atoms with Crippen LogP contribution in [0.2, 0.25) is 0 Å². The molecule has 126 valence electrons. The Morgan fingerprint density at radius 2 is 1.83 bits per heavy atom. The summed E-state index contributed by atoms with van der Waals surface area (Å²) in [6.07, 6.45) is 5.40. The molecule has 23 heavy (non-hydrogen) atoms. The first-order valence-electron chi connectivity index (χ1n) is 8.69. The van der Waals surface area contributed by atoms with Crippen molar-refractivity contribution in [3.63, 3.8) is 0 Å². The lowest BCUT2D eigenvalue weighted by Crippen LogP contribution is -2.51. The third kappa shape index (κ3) is 4.52. The number of halogens is 1. The highest BCUT2D eigenvalue weighted by molar-refractivity contribution is 5.78. The van der Waals surface area contributed by atoms with Crippen LogP contribution in [-0.4, -0.2) is 54.5 Å². The third-order valence-corrected chi connectivity index (χ3v) is 5.05. The van der Waals surface area contributed by atoms with Gasteiger partial charge in [-0.05, 0) is 18.9 Å². The van der Waals surface area contributed by atoms with Crippen molar-refractivity contribution in [3.8, 4) is 0 Å². The number of nitrogens with one attached hydrogen (secondary N) is 1. The van der Waals surface area contributed by atoms with E-state index in [2.05, 4.69) is 15.1 Å². The van der Waals surface area contributed by atoms with Crippen LogP contribution in [0, 0.1) is 5.82 Å². The fourth-order valence-electron chi connectivity index (χ4n) is 3.65. The van der Waals surface area contributed by atoms with Gasteiger partial charge in [-0.25, -0.2) is 4.39 Å². The van der Waals surface area contributed by atoms with E-state index in [0.717, 1.165) is 32.2 Å². The van der Waals surface area contributed by atoms with Crippen molar-refractivity contribution in [2.75, 3.05) is 32.7 Å². The zero-order chi connectivity index (χ0) is 16.1. The predicted octanol–water partition coefficient (Wildman–Crippen LogP) is 2.00. The van der Waals surface area contributed by atoms with Gasteiger partial charge in [-0.3, -0.25) is 14.6 Å². The molecule has 2 aliphatic rings. The molecule has 0 bridgehead atoms. The van der Waals surface area contributed by atoms with Gasteiger partial charge < -0.3 is 5.32 Å². The number of hydrogen-bond acceptors (Lipinski definition) is 3. The lowest BCUT2D eigenvalue weighted by Gasteiger charge is -2.37. The van der Waals surface area contributed by atoms with Crippen LogP contribution in [0.5, 0.6) is 0 Å². The molecule has 0 unspecified atom stereocenters. The molecular weight excluding hydrogens is 293 g/mol. The Bertz CT molecular complexity index is 523. The minimum absolute atomic E-state index is 0.0254. The molecule has 1 heterocycles. The summed E-state index contributed by atoms with van der Waals surface area (Å²) in [4.78, 5) is 16.8. The molecule has 5 heteroatoms. The third-order valence-electron chi connectivity index (χ3n) is 5.05. The largest absolute Gasteiger partial charge is 0.351 e. The lowest BCUT2D eigenvalue weighted by molar-refractivity contribution is -0.122. The van der Waals surface area contributed by atoms with E-state index in [1.807, 2.05) is 0 Å². The highest BCUT2D eigenvalue weighted by atomic mass is 19.1. The van der Waals surface area contributed by atoms with E-state index in [1.54, 1.807) is 18.2 Å². The Labute approximate surface area is 137 Å². The number of carbonyl (C=O) groups is 1. The van der Waals surface area contributed by atoms with Gasteiger partial charge in [0.05, 0.1) is 6.54 Å². The fourth-order valence-corrected chi connectivity index (χ4v) is 3.65. The van der Waals surface area contributed by atoms with E-state index in [-0.39, 0.29) is 18.3 Å². The molecule has 1 aliphatic heterocycles. The SMILES string of the molecule is O=C(CN1CCN(C2CCCC2)CC1)NCc1ccccc1F. The van der Waals surface area contributed by atoms with Crippen LogP contribution in [0.4, 0.5) is 4.39 Å². The zero-order valence-electron chi connectivity index (χ0n) is 13.6. The number of hydrogen-bond donors (Lipinski definition) is 1. The highest BCUT2D eigenvalue weighted by Gasteiger charge is 2.26. The van der Waals surface area contributed by atoms with Crippen molar-refractivity contribution in [1.82, 2.24) is 15.1 Å². The van der Waals surface area contributed by atoms with Gasteiger partial charge in [0.2, 0.25) is 5.91 Å². The normalized spacial score (nSPS) is 20.7. The van der Waals surface area contributed by atoms with Crippen LogP contribution in [0.3, 0.4) is 0 Å². The molecule has 1 aromatic rings. The van der Waals surface area contributed by atoms with E-state index in [0.29, 0.717) is 12.1 Å². The Hall–Kier alpha value is -1.46. The van der Waals surface area contributed by atoms with Crippen LogP contribution in [0.1, 0.15) is 31.2 Å². The first-order valence-corrected chi connectivity index (χ1v) is 8.69. The quantitative estimate of drug-likeness (QED) is 0.902. The summed E-state index contributed by atoms with van der Waals surface area (Å²) in [5.74, 6) is -0.291. The number of nitrogens with zero attached hydrogens (tertiary/aromatic N) is 2. The molecular formula is C18H26FN3O. The van der Waals surface area contributed by atoms with E-state index >= 15 is 0 Å². The topological polar surface area (TPSA) is 35.6 Å². The lowest BCUT2D eigenvalue weighted by atomic mass is 10.2. The molecule has 0 spiro atoms. The molecule has 1 amide bonds. The van der Waals surface area contributed by atoms with Crippen LogP contribution in [-0.2, 0) is 11.3 Å². The summed E-state index contributed by atoms with van der Waals surface area (Å²) < 4.78 is 13.5. The number of rotatable bonds is 5. The van der Waals surface area contributed by atoms with E-state index < -0.39 is 0 Å². The molecule has 1 saturated carbocycles. The Kier molecular flexibility index (Phi) is 5.62. The van der Waals surface area contributed by atoms with Crippen LogP contribution < -0.4 is 5.32 Å². The summed E-state index contributed by atoms with van der Waals surface area (Å²) in [5, 5.41) is 2.82. The van der Waals surface area contributed by atoms with Crippen LogP contribution in [0.25, 0.3) is 0 Å². The maximum absolute atomic E-state index is 13.5. The number of benzene rings is 1. The number of piperazine rings is 1. The van der Waals surface area contributed by atoms with E-state index in [1.165, 1.54) is 31.7 Å². The number of amides is 1. The molecule has 3 rings (SSSR count). The maximum Gasteiger partial charge on any atom is 0.234 e. The zero-order valence-corrected chi connectivity index (χ0v) is 13.6. The van der Waals surface area contributed by atoms with Crippen molar-refractivity contribution in [2.24, 2.45) is 0 Å². The van der Waals surface area contributed by atoms with E-state index in [4.69, 9.17) is 0 Å². The molecule has 1 saturated heterocycles. The van der Waals surface area contributed by atoms with E-state index in [9.17, 15) is 9.18 Å². The van der Waals surface area contributed by atoms with Gasteiger partial charge in [0.1, 0.15) is 5.82 Å². The first-order chi connectivity index (χ1) is 11.2. The van der Waals surface area contributed by atoms with Gasteiger partial charge in [-0.2, -0.15) is 0 Å². The Balaban J connectivity index is 1.38. The molecule has 0 radical (unpaired) electrons. The first kappa shape index (κ1) is 16.4. The molecule has 4 nitrogen and oxygen atoms in total. The van der Waals surface area contributed by atoms with Crippen molar-refractivity contribution >= 4 is 5.91 Å². The van der Waals surface area contributed by atoms with Crippen molar-refractivity contribution in [3.05, 3.63) is 35.6 Å². The molecule has 2 fully saturated rings. The molecule has 1 aliphatic carbocycles. The van der Waals surface area contributed by atoms with Gasteiger partial charge in [0.25, 0.3) is 0 Å². The number of carbonyl (C=O) groups excluding carboxylic acids is 1. The van der Waals surface area contributed by atoms with Crippen LogP contribution >= 0.6 is 0 Å². The van der Waals surface area contributed by atoms with Gasteiger partial charge in [-0.15, -0.1) is 0 Å². The Morgan fingerprint density at radius 3 is 2.52 bits per heavy atom. The maximum atomic E-state index is 13.5. The van der Waals surface area contributed by atoms with Gasteiger partial charge in [0.15, 0.2) is 0 Å². The fraction of sp³-hybridized carbons (Fsp3) is 0.611. The average molecular weight is 319 g/mol. The summed E-state index contributed by atoms with van der Waals surface area (Å²) in [5.41, 5.74) is 0.534. The average Bonchev–Trinajstić information content (AvgIpc) is 3.09. The Morgan fingerprint density at radius 1 is 1.13 bits per heavy atom. The second kappa shape index (κ2) is 7.88. The summed E-state index contributed by atoms with van der Waals surface area (Å²) in [7, 11) is 0. The summed E-state index contributed by atoms with van der Waals surface area (Å²) in [6, 6.07) is 7.34.